The summed E-state index contributed by atoms with van der Waals surface area (Å²) in [6.07, 6.45) is -3.48. The van der Waals surface area contributed by atoms with Gasteiger partial charge in [-0.05, 0) is 17.7 Å². The van der Waals surface area contributed by atoms with Crippen LogP contribution in [-0.2, 0) is 6.18 Å². The third kappa shape index (κ3) is 2.44. The zero-order valence-corrected chi connectivity index (χ0v) is 8.74. The summed E-state index contributed by atoms with van der Waals surface area (Å²) < 4.78 is 37.7. The van der Waals surface area contributed by atoms with E-state index in [2.05, 4.69) is 20.1 Å². The van der Waals surface area contributed by atoms with Gasteiger partial charge in [0.25, 0.3) is 5.95 Å². The van der Waals surface area contributed by atoms with E-state index in [1.807, 2.05) is 0 Å². The SMILES string of the molecule is Nc1nc(Cl)nc(-n2ccc(C(F)(F)F)n2)n1. The first-order valence-corrected chi connectivity index (χ1v) is 4.54. The van der Waals surface area contributed by atoms with Crippen LogP contribution in [0.5, 0.6) is 0 Å². The van der Waals surface area contributed by atoms with Crippen molar-refractivity contribution in [2.45, 2.75) is 6.18 Å². The van der Waals surface area contributed by atoms with Crippen LogP contribution in [0.15, 0.2) is 12.3 Å². The van der Waals surface area contributed by atoms with Gasteiger partial charge in [0.05, 0.1) is 0 Å². The number of nitrogens with zero attached hydrogens (tertiary/aromatic N) is 5. The monoisotopic (exact) mass is 264 g/mol. The van der Waals surface area contributed by atoms with E-state index in [0.717, 1.165) is 16.9 Å². The fourth-order valence-electron chi connectivity index (χ4n) is 1.04. The smallest absolute Gasteiger partial charge is 0.368 e. The Morgan fingerprint density at radius 1 is 1.24 bits per heavy atom. The second kappa shape index (κ2) is 3.84. The molecule has 10 heteroatoms. The van der Waals surface area contributed by atoms with Crippen molar-refractivity contribution in [3.63, 3.8) is 0 Å². The van der Waals surface area contributed by atoms with Gasteiger partial charge in [0.15, 0.2) is 5.69 Å². The Balaban J connectivity index is 2.44. The summed E-state index contributed by atoms with van der Waals surface area (Å²) in [7, 11) is 0. The second-order valence-corrected chi connectivity index (χ2v) is 3.24. The molecular formula is C7H4ClF3N6. The molecular weight excluding hydrogens is 261 g/mol. The van der Waals surface area contributed by atoms with Crippen LogP contribution in [0.4, 0.5) is 19.1 Å². The van der Waals surface area contributed by atoms with Gasteiger partial charge >= 0.3 is 6.18 Å². The first kappa shape index (κ1) is 11.6. The van der Waals surface area contributed by atoms with E-state index in [4.69, 9.17) is 17.3 Å². The quantitative estimate of drug-likeness (QED) is 0.840. The van der Waals surface area contributed by atoms with E-state index in [-0.39, 0.29) is 17.2 Å². The van der Waals surface area contributed by atoms with Gasteiger partial charge in [0, 0.05) is 6.20 Å². The normalized spacial score (nSPS) is 11.8. The molecule has 0 aliphatic heterocycles. The van der Waals surface area contributed by atoms with Crippen molar-refractivity contribution in [2.24, 2.45) is 0 Å². The van der Waals surface area contributed by atoms with E-state index in [9.17, 15) is 13.2 Å². The summed E-state index contributed by atoms with van der Waals surface area (Å²) in [6.45, 7) is 0. The maximum Gasteiger partial charge on any atom is 0.435 e. The van der Waals surface area contributed by atoms with Crippen molar-refractivity contribution in [3.8, 4) is 5.95 Å². The van der Waals surface area contributed by atoms with Gasteiger partial charge in [-0.15, -0.1) is 0 Å². The van der Waals surface area contributed by atoms with Crippen molar-refractivity contribution in [1.82, 2.24) is 24.7 Å². The number of hydrogen-bond acceptors (Lipinski definition) is 5. The Bertz CT molecular complexity index is 531. The molecule has 0 unspecified atom stereocenters. The highest BCUT2D eigenvalue weighted by molar-refractivity contribution is 6.28. The van der Waals surface area contributed by atoms with Crippen LogP contribution < -0.4 is 5.73 Å². The minimum absolute atomic E-state index is 0.182. The van der Waals surface area contributed by atoms with Crippen molar-refractivity contribution in [2.75, 3.05) is 5.73 Å². The maximum absolute atomic E-state index is 12.3. The minimum Gasteiger partial charge on any atom is -0.368 e. The van der Waals surface area contributed by atoms with E-state index in [1.165, 1.54) is 0 Å². The highest BCUT2D eigenvalue weighted by Gasteiger charge is 2.33. The number of nitrogens with two attached hydrogens (primary N) is 1. The topological polar surface area (TPSA) is 82.5 Å². The lowest BCUT2D eigenvalue weighted by molar-refractivity contribution is -0.141. The maximum atomic E-state index is 12.3. The van der Waals surface area contributed by atoms with Crippen LogP contribution in [0.3, 0.4) is 0 Å². The van der Waals surface area contributed by atoms with Crippen LogP contribution in [0.2, 0.25) is 5.28 Å². The average Bonchev–Trinajstić information content (AvgIpc) is 2.63. The molecule has 90 valence electrons. The number of halogens is 4. The minimum atomic E-state index is -4.53. The Hall–Kier alpha value is -1.90. The van der Waals surface area contributed by atoms with Gasteiger partial charge in [0.2, 0.25) is 11.2 Å². The van der Waals surface area contributed by atoms with Gasteiger partial charge in [-0.1, -0.05) is 0 Å². The first-order valence-electron chi connectivity index (χ1n) is 4.16. The molecule has 2 N–H and O–H groups in total. The molecule has 0 aliphatic carbocycles. The molecule has 0 saturated carbocycles. The Kier molecular flexibility index (Phi) is 2.62. The zero-order chi connectivity index (χ0) is 12.6. The number of anilines is 1. The largest absolute Gasteiger partial charge is 0.435 e. The van der Waals surface area contributed by atoms with Gasteiger partial charge in [0.1, 0.15) is 0 Å². The Labute approximate surface area is 97.3 Å². The molecule has 0 bridgehead atoms. The van der Waals surface area contributed by atoms with Crippen LogP contribution >= 0.6 is 11.6 Å². The number of nitrogen functional groups attached to an aromatic ring is 1. The summed E-state index contributed by atoms with van der Waals surface area (Å²) in [4.78, 5) is 10.7. The molecule has 6 nitrogen and oxygen atoms in total. The fourth-order valence-corrected chi connectivity index (χ4v) is 1.21. The third-order valence-corrected chi connectivity index (χ3v) is 1.87. The molecule has 17 heavy (non-hydrogen) atoms. The number of hydrogen-bond donors (Lipinski definition) is 1. The summed E-state index contributed by atoms with van der Waals surface area (Å²) >= 11 is 5.49. The molecule has 2 aromatic heterocycles. The molecule has 0 atom stereocenters. The zero-order valence-electron chi connectivity index (χ0n) is 7.98. The summed E-state index contributed by atoms with van der Waals surface area (Å²) in [5.74, 6) is -0.387. The highest BCUT2D eigenvalue weighted by Crippen LogP contribution is 2.27. The molecule has 0 aliphatic rings. The molecule has 0 saturated heterocycles. The second-order valence-electron chi connectivity index (χ2n) is 2.91. The van der Waals surface area contributed by atoms with E-state index < -0.39 is 11.9 Å². The molecule has 0 radical (unpaired) electrons. The van der Waals surface area contributed by atoms with Gasteiger partial charge in [-0.25, -0.2) is 4.68 Å². The van der Waals surface area contributed by atoms with Gasteiger partial charge < -0.3 is 5.73 Å². The lowest BCUT2D eigenvalue weighted by atomic mass is 10.4. The molecule has 0 fully saturated rings. The van der Waals surface area contributed by atoms with E-state index >= 15 is 0 Å². The Morgan fingerprint density at radius 2 is 1.94 bits per heavy atom. The average molecular weight is 265 g/mol. The summed E-state index contributed by atoms with van der Waals surface area (Å²) in [5, 5.41) is 3.03. The fraction of sp³-hybridized carbons (Fsp3) is 0.143. The van der Waals surface area contributed by atoms with Gasteiger partial charge in [-0.2, -0.15) is 33.2 Å². The predicted octanol–water partition coefficient (Wildman–Crippen LogP) is 1.31. The molecule has 2 aromatic rings. The lowest BCUT2D eigenvalue weighted by Crippen LogP contribution is -2.10. The van der Waals surface area contributed by atoms with Crippen LogP contribution in [0.1, 0.15) is 5.69 Å². The van der Waals surface area contributed by atoms with Gasteiger partial charge in [-0.3, -0.25) is 0 Å². The van der Waals surface area contributed by atoms with Crippen molar-refractivity contribution in [1.29, 1.82) is 0 Å². The van der Waals surface area contributed by atoms with Crippen molar-refractivity contribution >= 4 is 17.5 Å². The van der Waals surface area contributed by atoms with Crippen LogP contribution in [-0.4, -0.2) is 24.7 Å². The molecule has 2 rings (SSSR count). The van der Waals surface area contributed by atoms with E-state index in [0.29, 0.717) is 0 Å². The number of alkyl halides is 3. The first-order chi connectivity index (χ1) is 7.86. The van der Waals surface area contributed by atoms with E-state index in [1.54, 1.807) is 0 Å². The number of aromatic nitrogens is 5. The summed E-state index contributed by atoms with van der Waals surface area (Å²) in [5.41, 5.74) is 4.22. The number of rotatable bonds is 1. The van der Waals surface area contributed by atoms with Crippen molar-refractivity contribution < 1.29 is 13.2 Å². The molecule has 0 spiro atoms. The predicted molar refractivity (Wildman–Crippen MR) is 51.4 cm³/mol. The highest BCUT2D eigenvalue weighted by atomic mass is 35.5. The van der Waals surface area contributed by atoms with Crippen LogP contribution in [0.25, 0.3) is 5.95 Å². The molecule has 0 aromatic carbocycles. The Morgan fingerprint density at radius 3 is 2.47 bits per heavy atom. The van der Waals surface area contributed by atoms with Crippen molar-refractivity contribution in [3.05, 3.63) is 23.2 Å². The standard InChI is InChI=1S/C7H4ClF3N6/c8-4-13-5(12)15-6(14-4)17-2-1-3(16-17)7(9,10)11/h1-2H,(H2,12,13,14,15). The summed E-state index contributed by atoms with van der Waals surface area (Å²) in [6, 6.07) is 0.786. The molecule has 2 heterocycles. The lowest BCUT2D eigenvalue weighted by Gasteiger charge is -2.02. The van der Waals surface area contributed by atoms with Crippen LogP contribution in [0, 0.1) is 0 Å². The third-order valence-electron chi connectivity index (χ3n) is 1.70. The molecule has 0 amide bonds.